The van der Waals surface area contributed by atoms with Crippen LogP contribution in [-0.4, -0.2) is 11.8 Å². The normalized spacial score (nSPS) is 10.1. The van der Waals surface area contributed by atoms with Crippen molar-refractivity contribution in [1.29, 1.82) is 0 Å². The minimum absolute atomic E-state index is 0.193. The maximum absolute atomic E-state index is 12.1. The highest BCUT2D eigenvalue weighted by molar-refractivity contribution is 9.10. The Bertz CT molecular complexity index is 639. The molecule has 0 saturated carbocycles. The second-order valence-electron chi connectivity index (χ2n) is 4.27. The Morgan fingerprint density at radius 2 is 1.70 bits per heavy atom. The van der Waals surface area contributed by atoms with Crippen LogP contribution < -0.4 is 11.1 Å². The molecule has 0 aliphatic rings. The lowest BCUT2D eigenvalue weighted by atomic mass is 10.1. The van der Waals surface area contributed by atoms with Crippen molar-refractivity contribution in [3.05, 3.63) is 64.1 Å². The van der Waals surface area contributed by atoms with E-state index in [4.69, 9.17) is 5.73 Å². The van der Waals surface area contributed by atoms with Crippen molar-refractivity contribution < 1.29 is 9.59 Å². The second-order valence-corrected chi connectivity index (χ2v) is 5.13. The number of amides is 2. The molecule has 0 radical (unpaired) electrons. The summed E-state index contributed by atoms with van der Waals surface area (Å²) in [6, 6.07) is 14.2. The minimum Gasteiger partial charge on any atom is -0.369 e. The lowest BCUT2D eigenvalue weighted by molar-refractivity contribution is -0.117. The number of hydrogen-bond donors (Lipinski definition) is 2. The van der Waals surface area contributed by atoms with Gasteiger partial charge in [0.15, 0.2) is 0 Å². The first-order valence-electron chi connectivity index (χ1n) is 5.99. The molecule has 2 aromatic carbocycles. The molecule has 0 spiro atoms. The van der Waals surface area contributed by atoms with E-state index in [0.717, 1.165) is 10.0 Å². The molecule has 3 N–H and O–H groups in total. The second kappa shape index (κ2) is 6.34. The first kappa shape index (κ1) is 14.3. The summed E-state index contributed by atoms with van der Waals surface area (Å²) >= 11 is 3.34. The number of benzene rings is 2. The molecular weight excluding hydrogens is 320 g/mol. The lowest BCUT2D eigenvalue weighted by Crippen LogP contribution is -2.14. The number of carbonyl (C=O) groups is 2. The van der Waals surface area contributed by atoms with Gasteiger partial charge in [0.1, 0.15) is 0 Å². The van der Waals surface area contributed by atoms with Crippen LogP contribution in [0.25, 0.3) is 0 Å². The number of hydrogen-bond acceptors (Lipinski definition) is 2. The predicted molar refractivity (Wildman–Crippen MR) is 81.4 cm³/mol. The Kier molecular flexibility index (Phi) is 4.53. The lowest BCUT2D eigenvalue weighted by Gasteiger charge is -2.07. The number of primary amides is 1. The van der Waals surface area contributed by atoms with Gasteiger partial charge in [-0.05, 0) is 45.8 Å². The van der Waals surface area contributed by atoms with Crippen molar-refractivity contribution in [3.63, 3.8) is 0 Å². The Morgan fingerprint density at radius 1 is 1.05 bits per heavy atom. The van der Waals surface area contributed by atoms with Gasteiger partial charge in [0.2, 0.25) is 5.91 Å². The van der Waals surface area contributed by atoms with E-state index in [9.17, 15) is 9.59 Å². The Balaban J connectivity index is 2.09. The van der Waals surface area contributed by atoms with E-state index >= 15 is 0 Å². The summed E-state index contributed by atoms with van der Waals surface area (Å²) < 4.78 is 0.739. The van der Waals surface area contributed by atoms with Gasteiger partial charge in [-0.3, -0.25) is 9.59 Å². The van der Waals surface area contributed by atoms with Crippen LogP contribution in [-0.2, 0) is 11.2 Å². The van der Waals surface area contributed by atoms with Crippen LogP contribution in [0.2, 0.25) is 0 Å². The predicted octanol–water partition coefficient (Wildman–Crippen LogP) is 2.73. The monoisotopic (exact) mass is 332 g/mol. The van der Waals surface area contributed by atoms with Crippen LogP contribution in [0.1, 0.15) is 15.9 Å². The highest BCUT2D eigenvalue weighted by Crippen LogP contribution is 2.18. The van der Waals surface area contributed by atoms with Gasteiger partial charge in [-0.2, -0.15) is 0 Å². The van der Waals surface area contributed by atoms with Gasteiger partial charge in [0.25, 0.3) is 5.91 Å². The zero-order valence-electron chi connectivity index (χ0n) is 10.6. The molecule has 0 aromatic heterocycles. The zero-order valence-corrected chi connectivity index (χ0v) is 12.2. The standard InChI is InChI=1S/C15H13BrN2O2/c16-13-4-2-1-3-12(13)15(20)18-11-7-5-10(6-8-11)9-14(17)19/h1-8H,9H2,(H2,17,19)(H,18,20). The molecule has 5 heteroatoms. The van der Waals surface area contributed by atoms with Crippen molar-refractivity contribution in [1.82, 2.24) is 0 Å². The van der Waals surface area contributed by atoms with Crippen LogP contribution in [0.5, 0.6) is 0 Å². The van der Waals surface area contributed by atoms with Crippen molar-refractivity contribution >= 4 is 33.4 Å². The van der Waals surface area contributed by atoms with Gasteiger partial charge < -0.3 is 11.1 Å². The summed E-state index contributed by atoms with van der Waals surface area (Å²) in [6.45, 7) is 0. The maximum Gasteiger partial charge on any atom is 0.256 e. The van der Waals surface area contributed by atoms with E-state index in [1.165, 1.54) is 0 Å². The van der Waals surface area contributed by atoms with Gasteiger partial charge >= 0.3 is 0 Å². The molecule has 0 saturated heterocycles. The van der Waals surface area contributed by atoms with Crippen molar-refractivity contribution in [2.24, 2.45) is 5.73 Å². The third-order valence-electron chi connectivity index (χ3n) is 2.71. The molecule has 2 amide bonds. The van der Waals surface area contributed by atoms with Gasteiger partial charge in [0, 0.05) is 10.2 Å². The molecule has 102 valence electrons. The number of rotatable bonds is 4. The molecular formula is C15H13BrN2O2. The largest absolute Gasteiger partial charge is 0.369 e. The average Bonchev–Trinajstić information content (AvgIpc) is 2.41. The molecule has 2 aromatic rings. The molecule has 0 atom stereocenters. The molecule has 0 bridgehead atoms. The van der Waals surface area contributed by atoms with Gasteiger partial charge in [-0.1, -0.05) is 24.3 Å². The number of anilines is 1. The van der Waals surface area contributed by atoms with Gasteiger partial charge in [-0.25, -0.2) is 0 Å². The molecule has 0 heterocycles. The highest BCUT2D eigenvalue weighted by atomic mass is 79.9. The molecule has 4 nitrogen and oxygen atoms in total. The van der Waals surface area contributed by atoms with Crippen molar-refractivity contribution in [2.45, 2.75) is 6.42 Å². The van der Waals surface area contributed by atoms with E-state index < -0.39 is 0 Å². The van der Waals surface area contributed by atoms with Gasteiger partial charge in [-0.15, -0.1) is 0 Å². The molecule has 0 aliphatic carbocycles. The van der Waals surface area contributed by atoms with Crippen LogP contribution in [0.3, 0.4) is 0 Å². The maximum atomic E-state index is 12.1. The highest BCUT2D eigenvalue weighted by Gasteiger charge is 2.09. The number of nitrogens with two attached hydrogens (primary N) is 1. The van der Waals surface area contributed by atoms with Crippen molar-refractivity contribution in [3.8, 4) is 0 Å². The first-order valence-corrected chi connectivity index (χ1v) is 6.78. The average molecular weight is 333 g/mol. The number of nitrogens with one attached hydrogen (secondary N) is 1. The van der Waals surface area contributed by atoms with E-state index in [-0.39, 0.29) is 18.2 Å². The Hall–Kier alpha value is -2.14. The third kappa shape index (κ3) is 3.68. The SMILES string of the molecule is NC(=O)Cc1ccc(NC(=O)c2ccccc2Br)cc1. The third-order valence-corrected chi connectivity index (χ3v) is 3.40. The minimum atomic E-state index is -0.380. The van der Waals surface area contributed by atoms with Crippen LogP contribution >= 0.6 is 15.9 Å². The number of carbonyl (C=O) groups excluding carboxylic acids is 2. The smallest absolute Gasteiger partial charge is 0.256 e. The molecule has 2 rings (SSSR count). The Labute approximate surface area is 125 Å². The summed E-state index contributed by atoms with van der Waals surface area (Å²) in [6.07, 6.45) is 0.193. The van der Waals surface area contributed by atoms with Crippen LogP contribution in [0.4, 0.5) is 5.69 Å². The van der Waals surface area contributed by atoms with Crippen molar-refractivity contribution in [2.75, 3.05) is 5.32 Å². The fourth-order valence-corrected chi connectivity index (χ4v) is 2.22. The fourth-order valence-electron chi connectivity index (χ4n) is 1.75. The molecule has 0 aliphatic heterocycles. The summed E-state index contributed by atoms with van der Waals surface area (Å²) in [5.74, 6) is -0.574. The van der Waals surface area contributed by atoms with Gasteiger partial charge in [0.05, 0.1) is 12.0 Å². The molecule has 0 fully saturated rings. The molecule has 0 unspecified atom stereocenters. The fraction of sp³-hybridized carbons (Fsp3) is 0.0667. The van der Waals surface area contributed by atoms with E-state index in [1.54, 1.807) is 36.4 Å². The van der Waals surface area contributed by atoms with E-state index in [2.05, 4.69) is 21.2 Å². The van der Waals surface area contributed by atoms with Crippen LogP contribution in [0, 0.1) is 0 Å². The summed E-state index contributed by atoms with van der Waals surface area (Å²) in [7, 11) is 0. The quantitative estimate of drug-likeness (QED) is 0.903. The van der Waals surface area contributed by atoms with E-state index in [1.807, 2.05) is 12.1 Å². The topological polar surface area (TPSA) is 72.2 Å². The first-order chi connectivity index (χ1) is 9.56. The zero-order chi connectivity index (χ0) is 14.5. The Morgan fingerprint density at radius 3 is 2.30 bits per heavy atom. The summed E-state index contributed by atoms with van der Waals surface area (Å²) in [5.41, 5.74) is 7.17. The molecule has 20 heavy (non-hydrogen) atoms. The summed E-state index contributed by atoms with van der Waals surface area (Å²) in [4.78, 5) is 22.9. The number of halogens is 1. The van der Waals surface area contributed by atoms with E-state index in [0.29, 0.717) is 11.3 Å². The summed E-state index contributed by atoms with van der Waals surface area (Å²) in [5, 5.41) is 2.79. The van der Waals surface area contributed by atoms with Crippen LogP contribution in [0.15, 0.2) is 53.0 Å².